The lowest BCUT2D eigenvalue weighted by Gasteiger charge is -2.01. The summed E-state index contributed by atoms with van der Waals surface area (Å²) in [6.45, 7) is 0. The quantitative estimate of drug-likeness (QED) is 0.750. The van der Waals surface area contributed by atoms with Gasteiger partial charge >= 0.3 is 0 Å². The summed E-state index contributed by atoms with van der Waals surface area (Å²) < 4.78 is 4.88. The molecule has 1 heterocycles. The lowest BCUT2D eigenvalue weighted by molar-refractivity contribution is 0.0987. The van der Waals surface area contributed by atoms with Crippen LogP contribution in [0, 0.1) is 0 Å². The van der Waals surface area contributed by atoms with Gasteiger partial charge < -0.3 is 4.74 Å². The number of hydrogen-bond acceptors (Lipinski definition) is 4. The number of ketones is 1. The van der Waals surface area contributed by atoms with Gasteiger partial charge in [0.15, 0.2) is 5.78 Å². The summed E-state index contributed by atoms with van der Waals surface area (Å²) in [5.74, 6) is 0.354. The Bertz CT molecular complexity index is 495. The van der Waals surface area contributed by atoms with E-state index in [4.69, 9.17) is 4.74 Å². The number of hydrogen-bond donors (Lipinski definition) is 0. The Kier molecular flexibility index (Phi) is 3.45. The molecule has 0 saturated heterocycles. The van der Waals surface area contributed by atoms with E-state index < -0.39 is 0 Å². The van der Waals surface area contributed by atoms with E-state index in [0.29, 0.717) is 18.0 Å². The maximum atomic E-state index is 11.9. The molecule has 0 atom stereocenters. The predicted octanol–water partition coefficient (Wildman–Crippen LogP) is 1.91. The molecule has 0 N–H and O–H groups in total. The Balaban J connectivity index is 2.09. The molecule has 0 bridgehead atoms. The molecule has 0 fully saturated rings. The molecule has 0 unspecified atom stereocenters. The Morgan fingerprint density at radius 1 is 1.12 bits per heavy atom. The second-order valence-electron chi connectivity index (χ2n) is 3.55. The lowest BCUT2D eigenvalue weighted by Crippen LogP contribution is -2.07. The Morgan fingerprint density at radius 2 is 1.88 bits per heavy atom. The van der Waals surface area contributed by atoms with Gasteiger partial charge in [0.05, 0.1) is 7.11 Å². The van der Waals surface area contributed by atoms with E-state index in [2.05, 4.69) is 10.2 Å². The van der Waals surface area contributed by atoms with Crippen LogP contribution >= 0.6 is 0 Å². The van der Waals surface area contributed by atoms with E-state index in [0.717, 1.165) is 5.56 Å². The summed E-state index contributed by atoms with van der Waals surface area (Å²) >= 11 is 0. The van der Waals surface area contributed by atoms with Crippen LogP contribution in [-0.2, 0) is 6.42 Å². The van der Waals surface area contributed by atoms with Gasteiger partial charge in [-0.15, -0.1) is 10.2 Å². The van der Waals surface area contributed by atoms with Crippen LogP contribution < -0.4 is 4.74 Å². The van der Waals surface area contributed by atoms with Crippen molar-refractivity contribution in [1.29, 1.82) is 0 Å². The SMILES string of the molecule is COc1ccc(C(=O)Cc2ccccc2)nn1. The summed E-state index contributed by atoms with van der Waals surface area (Å²) in [7, 11) is 1.51. The Hall–Kier alpha value is -2.23. The van der Waals surface area contributed by atoms with Gasteiger partial charge in [-0.3, -0.25) is 4.79 Å². The van der Waals surface area contributed by atoms with Crippen LogP contribution in [0.2, 0.25) is 0 Å². The Morgan fingerprint density at radius 3 is 2.47 bits per heavy atom. The molecule has 0 aliphatic rings. The number of ether oxygens (including phenoxy) is 1. The van der Waals surface area contributed by atoms with Gasteiger partial charge in [-0.25, -0.2) is 0 Å². The van der Waals surface area contributed by atoms with Crippen LogP contribution in [0.4, 0.5) is 0 Å². The summed E-state index contributed by atoms with van der Waals surface area (Å²) in [5.41, 5.74) is 1.32. The van der Waals surface area contributed by atoms with Crippen LogP contribution in [0.1, 0.15) is 16.1 Å². The monoisotopic (exact) mass is 228 g/mol. The van der Waals surface area contributed by atoms with Crippen LogP contribution in [0.25, 0.3) is 0 Å². The molecular weight excluding hydrogens is 216 g/mol. The lowest BCUT2D eigenvalue weighted by atomic mass is 10.1. The van der Waals surface area contributed by atoms with Gasteiger partial charge in [-0.1, -0.05) is 30.3 Å². The molecule has 4 nitrogen and oxygen atoms in total. The standard InChI is InChI=1S/C13H12N2O2/c1-17-13-8-7-11(14-15-13)12(16)9-10-5-3-2-4-6-10/h2-8H,9H2,1H3. The van der Waals surface area contributed by atoms with Gasteiger partial charge in [0.1, 0.15) is 5.69 Å². The minimum Gasteiger partial charge on any atom is -0.480 e. The largest absolute Gasteiger partial charge is 0.480 e. The zero-order valence-electron chi connectivity index (χ0n) is 9.46. The predicted molar refractivity (Wildman–Crippen MR) is 63.1 cm³/mol. The average molecular weight is 228 g/mol. The van der Waals surface area contributed by atoms with Gasteiger partial charge in [0.25, 0.3) is 0 Å². The molecule has 1 aromatic heterocycles. The fraction of sp³-hybridized carbons (Fsp3) is 0.154. The van der Waals surface area contributed by atoms with Crippen molar-refractivity contribution in [2.45, 2.75) is 6.42 Å². The van der Waals surface area contributed by atoms with Crippen LogP contribution in [0.5, 0.6) is 5.88 Å². The molecule has 17 heavy (non-hydrogen) atoms. The highest BCUT2D eigenvalue weighted by Gasteiger charge is 2.09. The summed E-state index contributed by atoms with van der Waals surface area (Å²) in [6, 6.07) is 12.8. The van der Waals surface area contributed by atoms with Gasteiger partial charge in [-0.05, 0) is 11.6 Å². The first kappa shape index (κ1) is 11.3. The van der Waals surface area contributed by atoms with Crippen molar-refractivity contribution in [1.82, 2.24) is 10.2 Å². The molecule has 2 aromatic rings. The topological polar surface area (TPSA) is 52.1 Å². The van der Waals surface area contributed by atoms with Crippen LogP contribution in [-0.4, -0.2) is 23.1 Å². The molecule has 2 rings (SSSR count). The molecule has 0 aliphatic carbocycles. The van der Waals surface area contributed by atoms with Crippen LogP contribution in [0.3, 0.4) is 0 Å². The molecule has 0 radical (unpaired) electrons. The number of carbonyl (C=O) groups is 1. The first-order chi connectivity index (χ1) is 8.29. The number of nitrogens with zero attached hydrogens (tertiary/aromatic N) is 2. The van der Waals surface area contributed by atoms with Crippen molar-refractivity contribution in [2.24, 2.45) is 0 Å². The minimum atomic E-state index is -0.0497. The zero-order chi connectivity index (χ0) is 12.1. The maximum absolute atomic E-state index is 11.9. The summed E-state index contributed by atoms with van der Waals surface area (Å²) in [4.78, 5) is 11.9. The highest BCUT2D eigenvalue weighted by atomic mass is 16.5. The second-order valence-corrected chi connectivity index (χ2v) is 3.55. The smallest absolute Gasteiger partial charge is 0.233 e. The normalized spacial score (nSPS) is 9.94. The fourth-order valence-electron chi connectivity index (χ4n) is 1.45. The van der Waals surface area contributed by atoms with Crippen molar-refractivity contribution in [2.75, 3.05) is 7.11 Å². The van der Waals surface area contributed by atoms with Gasteiger partial charge in [0, 0.05) is 12.5 Å². The highest BCUT2D eigenvalue weighted by molar-refractivity contribution is 5.95. The van der Waals surface area contributed by atoms with Gasteiger partial charge in [-0.2, -0.15) is 0 Å². The van der Waals surface area contributed by atoms with E-state index >= 15 is 0 Å². The number of aromatic nitrogens is 2. The number of carbonyl (C=O) groups excluding carboxylic acids is 1. The first-order valence-electron chi connectivity index (χ1n) is 5.24. The third-order valence-electron chi connectivity index (χ3n) is 2.34. The first-order valence-corrected chi connectivity index (χ1v) is 5.24. The summed E-state index contributed by atoms with van der Waals surface area (Å²) in [5, 5.41) is 7.59. The van der Waals surface area contributed by atoms with E-state index in [-0.39, 0.29) is 5.78 Å². The van der Waals surface area contributed by atoms with Crippen molar-refractivity contribution >= 4 is 5.78 Å². The maximum Gasteiger partial charge on any atom is 0.233 e. The van der Waals surface area contributed by atoms with Gasteiger partial charge in [0.2, 0.25) is 5.88 Å². The van der Waals surface area contributed by atoms with Crippen LogP contribution in [0.15, 0.2) is 42.5 Å². The third kappa shape index (κ3) is 2.87. The second kappa shape index (κ2) is 5.21. The molecule has 4 heteroatoms. The number of rotatable bonds is 4. The number of benzene rings is 1. The zero-order valence-corrected chi connectivity index (χ0v) is 9.46. The van der Waals surface area contributed by atoms with Crippen molar-refractivity contribution in [3.05, 3.63) is 53.7 Å². The number of Topliss-reactive ketones (excluding diaryl/α,β-unsaturated/α-hetero) is 1. The van der Waals surface area contributed by atoms with Crippen molar-refractivity contribution in [3.8, 4) is 5.88 Å². The summed E-state index contributed by atoms with van der Waals surface area (Å²) in [6.07, 6.45) is 0.335. The molecular formula is C13H12N2O2. The van der Waals surface area contributed by atoms with E-state index in [9.17, 15) is 4.79 Å². The Labute approximate surface area is 99.3 Å². The molecule has 0 saturated carbocycles. The van der Waals surface area contributed by atoms with Crippen molar-refractivity contribution < 1.29 is 9.53 Å². The van der Waals surface area contributed by atoms with E-state index in [1.165, 1.54) is 7.11 Å². The molecule has 0 amide bonds. The number of methoxy groups -OCH3 is 1. The molecule has 1 aromatic carbocycles. The molecule has 86 valence electrons. The molecule has 0 spiro atoms. The minimum absolute atomic E-state index is 0.0497. The van der Waals surface area contributed by atoms with E-state index in [1.807, 2.05) is 30.3 Å². The average Bonchev–Trinajstić information content (AvgIpc) is 2.40. The van der Waals surface area contributed by atoms with Crippen molar-refractivity contribution in [3.63, 3.8) is 0 Å². The highest BCUT2D eigenvalue weighted by Crippen LogP contribution is 2.07. The fourth-order valence-corrected chi connectivity index (χ4v) is 1.45. The molecule has 0 aliphatic heterocycles. The third-order valence-corrected chi connectivity index (χ3v) is 2.34. The van der Waals surface area contributed by atoms with E-state index in [1.54, 1.807) is 12.1 Å².